The summed E-state index contributed by atoms with van der Waals surface area (Å²) in [5.41, 5.74) is 0.0587. The Kier molecular flexibility index (Phi) is 6.23. The van der Waals surface area contributed by atoms with Crippen molar-refractivity contribution < 1.29 is 27.8 Å². The monoisotopic (exact) mass is 369 g/mol. The fourth-order valence-electron chi connectivity index (χ4n) is 1.76. The van der Waals surface area contributed by atoms with E-state index < -0.39 is 23.5 Å². The number of carbonyl (C=O) groups is 2. The molecule has 1 N–H and O–H groups in total. The van der Waals surface area contributed by atoms with Gasteiger partial charge in [0, 0.05) is 17.7 Å². The minimum atomic E-state index is -0.859. The van der Waals surface area contributed by atoms with Gasteiger partial charge in [0.2, 0.25) is 0 Å². The van der Waals surface area contributed by atoms with E-state index in [1.165, 1.54) is 7.11 Å². The minimum absolute atomic E-state index is 0.0587. The standard InChI is InChI=1S/C15H13F2N3O4S/c1-3-24-13-8(4-9(16)5-10(13)17)7-18-20-15-19-14(22)11(25-15)6-12(21)23-2/h4-7H,3H2,1-2H3,(H,19,20,22)/b11-6+,18-7?. The molecule has 0 saturated carbocycles. The van der Waals surface area contributed by atoms with Crippen LogP contribution in [0.2, 0.25) is 0 Å². The van der Waals surface area contributed by atoms with E-state index in [2.05, 4.69) is 20.3 Å². The number of esters is 1. The highest BCUT2D eigenvalue weighted by Crippen LogP contribution is 2.25. The first-order valence-electron chi connectivity index (χ1n) is 6.96. The molecule has 0 aromatic heterocycles. The summed E-state index contributed by atoms with van der Waals surface area (Å²) < 4.78 is 36.6. The lowest BCUT2D eigenvalue weighted by molar-refractivity contribution is -0.135. The van der Waals surface area contributed by atoms with Crippen LogP contribution in [-0.2, 0) is 14.3 Å². The van der Waals surface area contributed by atoms with Gasteiger partial charge in [-0.2, -0.15) is 5.10 Å². The van der Waals surface area contributed by atoms with Crippen LogP contribution >= 0.6 is 11.8 Å². The zero-order valence-electron chi connectivity index (χ0n) is 13.2. The summed E-state index contributed by atoms with van der Waals surface area (Å²) >= 11 is 0.875. The molecule has 0 spiro atoms. The zero-order chi connectivity index (χ0) is 18.4. The van der Waals surface area contributed by atoms with Crippen molar-refractivity contribution in [1.29, 1.82) is 0 Å². The number of carbonyl (C=O) groups excluding carboxylic acids is 2. The van der Waals surface area contributed by atoms with Crippen LogP contribution in [0.3, 0.4) is 0 Å². The topological polar surface area (TPSA) is 89.4 Å². The third kappa shape index (κ3) is 4.86. The molecule has 7 nitrogen and oxygen atoms in total. The van der Waals surface area contributed by atoms with Crippen molar-refractivity contribution in [2.45, 2.75) is 6.92 Å². The van der Waals surface area contributed by atoms with Gasteiger partial charge in [-0.3, -0.25) is 10.1 Å². The molecule has 10 heteroatoms. The van der Waals surface area contributed by atoms with Crippen molar-refractivity contribution in [2.24, 2.45) is 10.2 Å². The smallest absolute Gasteiger partial charge is 0.331 e. The first-order valence-corrected chi connectivity index (χ1v) is 7.78. The van der Waals surface area contributed by atoms with E-state index in [1.807, 2.05) is 0 Å². The largest absolute Gasteiger partial charge is 0.490 e. The van der Waals surface area contributed by atoms with Gasteiger partial charge >= 0.3 is 5.97 Å². The number of amides is 1. The molecule has 1 aromatic carbocycles. The predicted octanol–water partition coefficient (Wildman–Crippen LogP) is 1.97. The molecule has 0 unspecified atom stereocenters. The number of nitrogens with zero attached hydrogens (tertiary/aromatic N) is 2. The molecule has 2 rings (SSSR count). The molecular weight excluding hydrogens is 356 g/mol. The molecule has 132 valence electrons. The van der Waals surface area contributed by atoms with Crippen LogP contribution in [0.25, 0.3) is 0 Å². The second kappa shape index (κ2) is 8.38. The van der Waals surface area contributed by atoms with E-state index >= 15 is 0 Å². The number of thioether (sulfide) groups is 1. The summed E-state index contributed by atoms with van der Waals surface area (Å²) in [6.45, 7) is 1.84. The quantitative estimate of drug-likeness (QED) is 0.371. The number of halogens is 2. The van der Waals surface area contributed by atoms with Crippen LogP contribution in [0.5, 0.6) is 5.75 Å². The summed E-state index contributed by atoms with van der Waals surface area (Å²) in [5.74, 6) is -3.01. The number of methoxy groups -OCH3 is 1. The Morgan fingerprint density at radius 1 is 1.40 bits per heavy atom. The molecule has 1 aromatic rings. The lowest BCUT2D eigenvalue weighted by atomic mass is 10.2. The first-order chi connectivity index (χ1) is 11.9. The summed E-state index contributed by atoms with van der Waals surface area (Å²) in [5, 5.41) is 9.91. The lowest BCUT2D eigenvalue weighted by Crippen LogP contribution is -2.19. The Bertz CT molecular complexity index is 793. The van der Waals surface area contributed by atoms with Gasteiger partial charge in [-0.25, -0.2) is 13.6 Å². The molecule has 25 heavy (non-hydrogen) atoms. The SMILES string of the molecule is CCOc1c(F)cc(F)cc1C=N/N=C1/NC(=O)/C(=C\C(=O)OC)S1. The van der Waals surface area contributed by atoms with Gasteiger partial charge in [0.1, 0.15) is 5.82 Å². The van der Waals surface area contributed by atoms with Crippen molar-refractivity contribution in [3.05, 3.63) is 40.3 Å². The van der Waals surface area contributed by atoms with Crippen LogP contribution in [0, 0.1) is 11.6 Å². The van der Waals surface area contributed by atoms with Crippen LogP contribution in [0.15, 0.2) is 33.3 Å². The minimum Gasteiger partial charge on any atom is -0.490 e. The van der Waals surface area contributed by atoms with Crippen molar-refractivity contribution in [1.82, 2.24) is 5.32 Å². The van der Waals surface area contributed by atoms with Crippen LogP contribution in [-0.4, -0.2) is 37.0 Å². The van der Waals surface area contributed by atoms with E-state index in [0.29, 0.717) is 6.07 Å². The van der Waals surface area contributed by atoms with E-state index in [0.717, 1.165) is 30.1 Å². The third-order valence-electron chi connectivity index (χ3n) is 2.77. The molecule has 0 radical (unpaired) electrons. The highest BCUT2D eigenvalue weighted by atomic mass is 32.2. The number of amidine groups is 1. The maximum atomic E-state index is 13.7. The third-order valence-corrected chi connectivity index (χ3v) is 3.67. The van der Waals surface area contributed by atoms with Crippen molar-refractivity contribution in [3.63, 3.8) is 0 Å². The Morgan fingerprint density at radius 3 is 2.84 bits per heavy atom. The van der Waals surface area contributed by atoms with Gasteiger partial charge in [0.05, 0.1) is 24.8 Å². The van der Waals surface area contributed by atoms with Gasteiger partial charge < -0.3 is 9.47 Å². The van der Waals surface area contributed by atoms with Gasteiger partial charge in [-0.05, 0) is 24.8 Å². The van der Waals surface area contributed by atoms with Gasteiger partial charge in [0.25, 0.3) is 5.91 Å². The van der Waals surface area contributed by atoms with Gasteiger partial charge in [0.15, 0.2) is 16.7 Å². The second-order valence-electron chi connectivity index (χ2n) is 4.48. The Labute approximate surface area is 145 Å². The Balaban J connectivity index is 2.19. The van der Waals surface area contributed by atoms with Crippen molar-refractivity contribution >= 4 is 35.0 Å². The van der Waals surface area contributed by atoms with E-state index in [-0.39, 0.29) is 28.0 Å². The highest BCUT2D eigenvalue weighted by molar-refractivity contribution is 8.18. The number of benzene rings is 1. The fourth-order valence-corrected chi connectivity index (χ4v) is 2.50. The molecule has 1 aliphatic rings. The second-order valence-corrected chi connectivity index (χ2v) is 5.51. The van der Waals surface area contributed by atoms with E-state index in [1.54, 1.807) is 6.92 Å². The molecule has 1 saturated heterocycles. The van der Waals surface area contributed by atoms with Crippen molar-refractivity contribution in [2.75, 3.05) is 13.7 Å². The lowest BCUT2D eigenvalue weighted by Gasteiger charge is -2.07. The van der Waals surface area contributed by atoms with Crippen LogP contribution < -0.4 is 10.1 Å². The van der Waals surface area contributed by atoms with Gasteiger partial charge in [-0.15, -0.1) is 5.10 Å². The maximum Gasteiger partial charge on any atom is 0.331 e. The molecule has 1 amide bonds. The zero-order valence-corrected chi connectivity index (χ0v) is 14.0. The first kappa shape index (κ1) is 18.6. The number of ether oxygens (including phenoxy) is 2. The summed E-state index contributed by atoms with van der Waals surface area (Å²) in [6.07, 6.45) is 2.11. The fraction of sp³-hybridized carbons (Fsp3) is 0.200. The summed E-state index contributed by atoms with van der Waals surface area (Å²) in [6, 6.07) is 1.74. The van der Waals surface area contributed by atoms with Crippen LogP contribution in [0.1, 0.15) is 12.5 Å². The van der Waals surface area contributed by atoms with E-state index in [4.69, 9.17) is 4.74 Å². The molecule has 0 atom stereocenters. The molecule has 1 fully saturated rings. The number of hydrogen-bond donors (Lipinski definition) is 1. The Morgan fingerprint density at radius 2 is 2.16 bits per heavy atom. The van der Waals surface area contributed by atoms with Crippen LogP contribution in [0.4, 0.5) is 8.78 Å². The normalized spacial score (nSPS) is 17.4. The van der Waals surface area contributed by atoms with E-state index in [9.17, 15) is 18.4 Å². The summed E-state index contributed by atoms with van der Waals surface area (Å²) in [7, 11) is 1.18. The highest BCUT2D eigenvalue weighted by Gasteiger charge is 2.25. The molecule has 0 bridgehead atoms. The average molecular weight is 369 g/mol. The Hall–Kier alpha value is -2.75. The average Bonchev–Trinajstić information content (AvgIpc) is 2.90. The number of rotatable bonds is 5. The molecule has 1 aliphatic heterocycles. The molecular formula is C15H13F2N3O4S. The van der Waals surface area contributed by atoms with Gasteiger partial charge in [-0.1, -0.05) is 0 Å². The number of nitrogens with one attached hydrogen (secondary N) is 1. The maximum absolute atomic E-state index is 13.7. The number of hydrogen-bond acceptors (Lipinski definition) is 7. The molecule has 1 heterocycles. The molecule has 0 aliphatic carbocycles. The van der Waals surface area contributed by atoms with Crippen molar-refractivity contribution in [3.8, 4) is 5.75 Å². The summed E-state index contributed by atoms with van der Waals surface area (Å²) in [4.78, 5) is 22.9. The predicted molar refractivity (Wildman–Crippen MR) is 88.4 cm³/mol.